The summed E-state index contributed by atoms with van der Waals surface area (Å²) in [6.07, 6.45) is -15.4. The molecular weight excluding hydrogens is 455 g/mol. The van der Waals surface area contributed by atoms with Crippen LogP contribution in [0.15, 0.2) is 30.3 Å². The molecule has 0 radical (unpaired) electrons. The second-order valence-corrected chi connectivity index (χ2v) is 7.30. The Bertz CT molecular complexity index is 1200. The van der Waals surface area contributed by atoms with Gasteiger partial charge in [0.05, 0.1) is 22.1 Å². The first-order chi connectivity index (χ1) is 14.7. The number of alkyl halides is 9. The molecule has 0 unspecified atom stereocenters. The normalized spacial score (nSPS) is 15.3. The smallest absolute Gasteiger partial charge is 0.417 e. The maximum Gasteiger partial charge on any atom is 0.417 e. The monoisotopic (exact) mass is 468 g/mol. The van der Waals surface area contributed by atoms with Crippen molar-refractivity contribution in [3.8, 4) is 17.0 Å². The second kappa shape index (κ2) is 7.06. The van der Waals surface area contributed by atoms with Gasteiger partial charge in [0.15, 0.2) is 5.88 Å². The van der Waals surface area contributed by atoms with Gasteiger partial charge in [-0.3, -0.25) is 0 Å². The van der Waals surface area contributed by atoms with Crippen molar-refractivity contribution in [2.24, 2.45) is 0 Å². The van der Waals surface area contributed by atoms with Crippen LogP contribution in [0.1, 0.15) is 22.4 Å². The fourth-order valence-corrected chi connectivity index (χ4v) is 3.93. The number of nitrogens with one attached hydrogen (secondary N) is 1. The van der Waals surface area contributed by atoms with E-state index in [1.165, 1.54) is 4.57 Å². The van der Waals surface area contributed by atoms with E-state index in [-0.39, 0.29) is 30.2 Å². The molecule has 0 atom stereocenters. The van der Waals surface area contributed by atoms with Crippen molar-refractivity contribution in [2.75, 3.05) is 6.54 Å². The van der Waals surface area contributed by atoms with E-state index in [1.807, 2.05) is 0 Å². The minimum absolute atomic E-state index is 0.0525. The standard InChI is InChI=1S/C20H13F9N2O/c21-18(22,23)10-1-2-11(13(7-10)19(24,25)26)9-5-12-15-8-30-3-4-31(15)17(32)16(12)14(6-9)20(27,28)29/h1-2,5-7,30,32H,3-4,8H2. The van der Waals surface area contributed by atoms with E-state index in [1.54, 1.807) is 0 Å². The van der Waals surface area contributed by atoms with E-state index in [9.17, 15) is 44.6 Å². The van der Waals surface area contributed by atoms with Crippen molar-refractivity contribution in [3.05, 3.63) is 52.7 Å². The Balaban J connectivity index is 2.06. The molecule has 172 valence electrons. The van der Waals surface area contributed by atoms with E-state index in [2.05, 4.69) is 5.32 Å². The van der Waals surface area contributed by atoms with Gasteiger partial charge in [0, 0.05) is 30.7 Å². The highest BCUT2D eigenvalue weighted by molar-refractivity contribution is 5.97. The summed E-state index contributed by atoms with van der Waals surface area (Å²) in [7, 11) is 0. The first-order valence-electron chi connectivity index (χ1n) is 9.14. The van der Waals surface area contributed by atoms with E-state index >= 15 is 0 Å². The molecule has 1 aliphatic rings. The van der Waals surface area contributed by atoms with Crippen LogP contribution < -0.4 is 5.32 Å². The summed E-state index contributed by atoms with van der Waals surface area (Å²) in [4.78, 5) is 0. The quantitative estimate of drug-likeness (QED) is 0.419. The Morgan fingerprint density at radius 1 is 0.812 bits per heavy atom. The van der Waals surface area contributed by atoms with Crippen molar-refractivity contribution < 1.29 is 44.6 Å². The Labute approximate surface area is 174 Å². The van der Waals surface area contributed by atoms with Crippen molar-refractivity contribution in [3.63, 3.8) is 0 Å². The summed E-state index contributed by atoms with van der Waals surface area (Å²) < 4.78 is 122. The highest BCUT2D eigenvalue weighted by atomic mass is 19.4. The number of aromatic nitrogens is 1. The van der Waals surface area contributed by atoms with Gasteiger partial charge in [-0.2, -0.15) is 39.5 Å². The molecule has 2 N–H and O–H groups in total. The van der Waals surface area contributed by atoms with Crippen molar-refractivity contribution in [1.82, 2.24) is 9.88 Å². The second-order valence-electron chi connectivity index (χ2n) is 7.30. The van der Waals surface area contributed by atoms with Crippen LogP contribution in [0.5, 0.6) is 5.88 Å². The number of halogens is 9. The lowest BCUT2D eigenvalue weighted by atomic mass is 9.93. The number of hydrogen-bond acceptors (Lipinski definition) is 2. The molecule has 1 aliphatic heterocycles. The third kappa shape index (κ3) is 3.65. The topological polar surface area (TPSA) is 37.2 Å². The molecular formula is C20H13F9N2O. The summed E-state index contributed by atoms with van der Waals surface area (Å²) in [5.74, 6) is -0.668. The van der Waals surface area contributed by atoms with Gasteiger partial charge in [0.25, 0.3) is 0 Å². The summed E-state index contributed by atoms with van der Waals surface area (Å²) in [6, 6.07) is 2.21. The Morgan fingerprint density at radius 3 is 2.06 bits per heavy atom. The molecule has 3 nitrogen and oxygen atoms in total. The van der Waals surface area contributed by atoms with Gasteiger partial charge in [0.2, 0.25) is 0 Å². The van der Waals surface area contributed by atoms with Crippen LogP contribution in [-0.4, -0.2) is 16.2 Å². The molecule has 2 aromatic carbocycles. The van der Waals surface area contributed by atoms with Crippen LogP contribution in [0.4, 0.5) is 39.5 Å². The molecule has 12 heteroatoms. The molecule has 4 rings (SSSR count). The van der Waals surface area contributed by atoms with Crippen molar-refractivity contribution >= 4 is 10.8 Å². The first-order valence-corrected chi connectivity index (χ1v) is 9.14. The van der Waals surface area contributed by atoms with Crippen LogP contribution in [0.2, 0.25) is 0 Å². The van der Waals surface area contributed by atoms with Gasteiger partial charge in [-0.15, -0.1) is 0 Å². The molecule has 0 amide bonds. The van der Waals surface area contributed by atoms with Crippen LogP contribution in [-0.2, 0) is 31.6 Å². The van der Waals surface area contributed by atoms with Crippen LogP contribution in [0, 0.1) is 0 Å². The highest BCUT2D eigenvalue weighted by Crippen LogP contribution is 2.47. The van der Waals surface area contributed by atoms with Gasteiger partial charge >= 0.3 is 18.5 Å². The fraction of sp³-hybridized carbons (Fsp3) is 0.300. The van der Waals surface area contributed by atoms with Gasteiger partial charge in [-0.25, -0.2) is 0 Å². The van der Waals surface area contributed by atoms with Crippen LogP contribution in [0.25, 0.3) is 21.9 Å². The number of hydrogen-bond donors (Lipinski definition) is 2. The first kappa shape index (κ1) is 22.3. The molecule has 0 saturated carbocycles. The Hall–Kier alpha value is -2.89. The number of nitrogens with zero attached hydrogens (tertiary/aromatic N) is 1. The van der Waals surface area contributed by atoms with Gasteiger partial charge in [0.1, 0.15) is 0 Å². The zero-order valence-corrected chi connectivity index (χ0v) is 15.8. The minimum atomic E-state index is -5.26. The van der Waals surface area contributed by atoms with E-state index < -0.39 is 57.6 Å². The summed E-state index contributed by atoms with van der Waals surface area (Å²) >= 11 is 0. The largest absolute Gasteiger partial charge is 0.494 e. The summed E-state index contributed by atoms with van der Waals surface area (Å²) in [5.41, 5.74) is -5.83. The Morgan fingerprint density at radius 2 is 1.47 bits per heavy atom. The lowest BCUT2D eigenvalue weighted by molar-refractivity contribution is -0.142. The van der Waals surface area contributed by atoms with Crippen LogP contribution in [0.3, 0.4) is 0 Å². The summed E-state index contributed by atoms with van der Waals surface area (Å²) in [5, 5.41) is 12.6. The molecule has 0 fully saturated rings. The number of rotatable bonds is 1. The molecule has 3 aromatic rings. The minimum Gasteiger partial charge on any atom is -0.494 e. The van der Waals surface area contributed by atoms with Crippen LogP contribution >= 0.6 is 0 Å². The molecule has 0 saturated heterocycles. The van der Waals surface area contributed by atoms with E-state index in [4.69, 9.17) is 0 Å². The average molecular weight is 468 g/mol. The summed E-state index contributed by atoms with van der Waals surface area (Å²) in [6.45, 7) is 0.542. The third-order valence-electron chi connectivity index (χ3n) is 5.33. The SMILES string of the molecule is Oc1c2c(C(F)(F)F)cc(-c3ccc(C(F)(F)F)cc3C(F)(F)F)cc2c2n1CCNC2. The Kier molecular flexibility index (Phi) is 4.92. The average Bonchev–Trinajstić information content (AvgIpc) is 2.97. The van der Waals surface area contributed by atoms with E-state index in [0.29, 0.717) is 24.7 Å². The zero-order chi connectivity index (χ0) is 23.6. The zero-order valence-electron chi connectivity index (χ0n) is 15.8. The third-order valence-corrected chi connectivity index (χ3v) is 5.33. The molecule has 0 aliphatic carbocycles. The number of benzene rings is 2. The molecule has 0 spiro atoms. The fourth-order valence-electron chi connectivity index (χ4n) is 3.93. The van der Waals surface area contributed by atoms with Gasteiger partial charge in [-0.1, -0.05) is 6.07 Å². The highest BCUT2D eigenvalue weighted by Gasteiger charge is 2.40. The van der Waals surface area contributed by atoms with Crippen molar-refractivity contribution in [2.45, 2.75) is 31.6 Å². The predicted molar refractivity (Wildman–Crippen MR) is 95.8 cm³/mol. The molecule has 0 bridgehead atoms. The lowest BCUT2D eigenvalue weighted by Crippen LogP contribution is -2.27. The maximum atomic E-state index is 13.8. The number of fused-ring (bicyclic) bond motifs is 3. The number of aromatic hydroxyl groups is 1. The van der Waals surface area contributed by atoms with Gasteiger partial charge < -0.3 is 15.0 Å². The molecule has 2 heterocycles. The molecule has 1 aromatic heterocycles. The van der Waals surface area contributed by atoms with Gasteiger partial charge in [-0.05, 0) is 35.4 Å². The van der Waals surface area contributed by atoms with Crippen molar-refractivity contribution in [1.29, 1.82) is 0 Å². The molecule has 32 heavy (non-hydrogen) atoms. The van der Waals surface area contributed by atoms with E-state index in [0.717, 1.165) is 6.07 Å². The maximum absolute atomic E-state index is 13.8. The predicted octanol–water partition coefficient (Wildman–Crippen LogP) is 6.17. The lowest BCUT2D eigenvalue weighted by Gasteiger charge is -2.18.